The molecule has 22 heavy (non-hydrogen) atoms. The highest BCUT2D eigenvalue weighted by Gasteiger charge is 2.16. The molecule has 0 spiro atoms. The van der Waals surface area contributed by atoms with Crippen molar-refractivity contribution < 1.29 is 0 Å². The summed E-state index contributed by atoms with van der Waals surface area (Å²) < 4.78 is 0. The first-order chi connectivity index (χ1) is 10.7. The fraction of sp³-hybridized carbons (Fsp3) is 0.706. The van der Waals surface area contributed by atoms with Gasteiger partial charge in [0.2, 0.25) is 0 Å². The summed E-state index contributed by atoms with van der Waals surface area (Å²) in [7, 11) is 2.22. The van der Waals surface area contributed by atoms with E-state index in [4.69, 9.17) is 4.99 Å². The number of aliphatic imine (C=N–C) groups is 1. The zero-order valence-corrected chi connectivity index (χ0v) is 15.0. The highest BCUT2D eigenvalue weighted by molar-refractivity contribution is 7.10. The molecule has 5 heteroatoms. The lowest BCUT2D eigenvalue weighted by atomic mass is 9.94. The first kappa shape index (κ1) is 17.3. The van der Waals surface area contributed by atoms with Gasteiger partial charge in [0.1, 0.15) is 0 Å². The number of guanidine groups is 1. The number of aryl methyl sites for hydroxylation is 1. The highest BCUT2D eigenvalue weighted by Crippen LogP contribution is 2.19. The molecule has 0 aromatic carbocycles. The summed E-state index contributed by atoms with van der Waals surface area (Å²) in [4.78, 5) is 8.49. The van der Waals surface area contributed by atoms with Gasteiger partial charge in [0.15, 0.2) is 5.96 Å². The van der Waals surface area contributed by atoms with Gasteiger partial charge in [-0.3, -0.25) is 0 Å². The molecule has 1 saturated heterocycles. The number of piperidine rings is 1. The predicted octanol–water partition coefficient (Wildman–Crippen LogP) is 2.84. The molecule has 1 aromatic heterocycles. The van der Waals surface area contributed by atoms with E-state index in [1.807, 2.05) is 0 Å². The summed E-state index contributed by atoms with van der Waals surface area (Å²) in [5.74, 6) is 1.81. The van der Waals surface area contributed by atoms with E-state index in [1.165, 1.54) is 42.8 Å². The monoisotopic (exact) mass is 322 g/mol. The molecule has 1 aliphatic heterocycles. The van der Waals surface area contributed by atoms with Gasteiger partial charge in [0.05, 0.1) is 6.54 Å². The predicted molar refractivity (Wildman–Crippen MR) is 96.7 cm³/mol. The molecule has 124 valence electrons. The van der Waals surface area contributed by atoms with Crippen molar-refractivity contribution in [1.29, 1.82) is 0 Å². The average molecular weight is 323 g/mol. The van der Waals surface area contributed by atoms with E-state index in [0.717, 1.165) is 31.5 Å². The second-order valence-corrected chi connectivity index (χ2v) is 7.18. The average Bonchev–Trinajstić information content (AvgIpc) is 2.92. The van der Waals surface area contributed by atoms with Gasteiger partial charge >= 0.3 is 0 Å². The number of rotatable bonds is 6. The fourth-order valence-electron chi connectivity index (χ4n) is 2.80. The lowest BCUT2D eigenvalue weighted by molar-refractivity contribution is 0.213. The Morgan fingerprint density at radius 2 is 2.14 bits per heavy atom. The van der Waals surface area contributed by atoms with Crippen molar-refractivity contribution in [3.63, 3.8) is 0 Å². The van der Waals surface area contributed by atoms with Crippen LogP contribution in [-0.2, 0) is 6.54 Å². The first-order valence-corrected chi connectivity index (χ1v) is 9.30. The lowest BCUT2D eigenvalue weighted by Gasteiger charge is -2.29. The molecular weight excluding hydrogens is 292 g/mol. The van der Waals surface area contributed by atoms with Crippen molar-refractivity contribution in [2.24, 2.45) is 10.9 Å². The van der Waals surface area contributed by atoms with Crippen molar-refractivity contribution in [2.45, 2.75) is 39.7 Å². The van der Waals surface area contributed by atoms with Gasteiger partial charge in [-0.15, -0.1) is 11.3 Å². The van der Waals surface area contributed by atoms with Gasteiger partial charge in [-0.05, 0) is 76.2 Å². The summed E-state index contributed by atoms with van der Waals surface area (Å²) in [6.07, 6.45) is 3.91. The maximum absolute atomic E-state index is 4.71. The van der Waals surface area contributed by atoms with Crippen LogP contribution in [0.1, 0.15) is 36.6 Å². The molecular formula is C17H30N4S. The molecule has 1 aliphatic rings. The molecule has 0 radical (unpaired) electrons. The Hall–Kier alpha value is -1.07. The van der Waals surface area contributed by atoms with E-state index in [0.29, 0.717) is 0 Å². The Morgan fingerprint density at radius 1 is 1.36 bits per heavy atom. The number of thiophene rings is 1. The Labute approximate surface area is 139 Å². The maximum atomic E-state index is 4.71. The molecule has 1 aromatic rings. The minimum atomic E-state index is 0.771. The Kier molecular flexibility index (Phi) is 7.19. The fourth-order valence-corrected chi connectivity index (χ4v) is 3.63. The molecule has 1 fully saturated rings. The van der Waals surface area contributed by atoms with Crippen molar-refractivity contribution in [2.75, 3.05) is 33.2 Å². The lowest BCUT2D eigenvalue weighted by Crippen LogP contribution is -2.39. The summed E-state index contributed by atoms with van der Waals surface area (Å²) in [6, 6.07) is 2.16. The molecule has 2 heterocycles. The van der Waals surface area contributed by atoms with Gasteiger partial charge in [0, 0.05) is 18.0 Å². The van der Waals surface area contributed by atoms with Crippen LogP contribution in [0.25, 0.3) is 0 Å². The van der Waals surface area contributed by atoms with Crippen LogP contribution in [0.3, 0.4) is 0 Å². The quantitative estimate of drug-likeness (QED) is 0.625. The van der Waals surface area contributed by atoms with Gasteiger partial charge in [-0.1, -0.05) is 0 Å². The SMILES string of the molecule is CCNC(=NCc1sccc1C)NCCC1CCN(C)CC1. The van der Waals surface area contributed by atoms with E-state index in [2.05, 4.69) is 47.9 Å². The third-order valence-corrected chi connectivity index (χ3v) is 5.38. The zero-order chi connectivity index (χ0) is 15.8. The first-order valence-electron chi connectivity index (χ1n) is 8.42. The zero-order valence-electron chi connectivity index (χ0n) is 14.2. The molecule has 2 N–H and O–H groups in total. The molecule has 0 atom stereocenters. The third-order valence-electron chi connectivity index (χ3n) is 4.38. The number of hydrogen-bond acceptors (Lipinski definition) is 3. The van der Waals surface area contributed by atoms with Gasteiger partial charge < -0.3 is 15.5 Å². The minimum Gasteiger partial charge on any atom is -0.357 e. The van der Waals surface area contributed by atoms with Crippen LogP contribution in [0.5, 0.6) is 0 Å². The van der Waals surface area contributed by atoms with Crippen LogP contribution in [0, 0.1) is 12.8 Å². The number of nitrogens with one attached hydrogen (secondary N) is 2. The van der Waals surface area contributed by atoms with Crippen LogP contribution in [0.2, 0.25) is 0 Å². The van der Waals surface area contributed by atoms with Crippen molar-refractivity contribution in [3.05, 3.63) is 21.9 Å². The van der Waals surface area contributed by atoms with Crippen molar-refractivity contribution in [3.8, 4) is 0 Å². The molecule has 4 nitrogen and oxygen atoms in total. The molecule has 0 aliphatic carbocycles. The van der Waals surface area contributed by atoms with E-state index in [1.54, 1.807) is 11.3 Å². The molecule has 0 amide bonds. The topological polar surface area (TPSA) is 39.7 Å². The third kappa shape index (κ3) is 5.61. The van der Waals surface area contributed by atoms with Gasteiger partial charge in [0.25, 0.3) is 0 Å². The largest absolute Gasteiger partial charge is 0.357 e. The van der Waals surface area contributed by atoms with E-state index in [-0.39, 0.29) is 0 Å². The number of likely N-dealkylation sites (tertiary alicyclic amines) is 1. The summed E-state index contributed by atoms with van der Waals surface area (Å²) in [6.45, 7) is 9.46. The summed E-state index contributed by atoms with van der Waals surface area (Å²) >= 11 is 1.79. The van der Waals surface area contributed by atoms with Crippen molar-refractivity contribution >= 4 is 17.3 Å². The standard InChI is InChI=1S/C17H30N4S/c1-4-18-17(20-13-16-14(2)8-12-22-16)19-9-5-15-6-10-21(3)11-7-15/h8,12,15H,4-7,9-11,13H2,1-3H3,(H2,18,19,20). The molecule has 2 rings (SSSR count). The summed E-state index contributed by atoms with van der Waals surface area (Å²) in [5, 5.41) is 8.98. The van der Waals surface area contributed by atoms with E-state index < -0.39 is 0 Å². The highest BCUT2D eigenvalue weighted by atomic mass is 32.1. The molecule has 0 unspecified atom stereocenters. The van der Waals surface area contributed by atoms with Crippen LogP contribution >= 0.6 is 11.3 Å². The second-order valence-electron chi connectivity index (χ2n) is 6.18. The Bertz CT molecular complexity index is 461. The maximum Gasteiger partial charge on any atom is 0.191 e. The second kappa shape index (κ2) is 9.16. The number of nitrogens with zero attached hydrogens (tertiary/aromatic N) is 2. The van der Waals surface area contributed by atoms with E-state index >= 15 is 0 Å². The van der Waals surface area contributed by atoms with Crippen LogP contribution < -0.4 is 10.6 Å². The number of hydrogen-bond donors (Lipinski definition) is 2. The van der Waals surface area contributed by atoms with Crippen molar-refractivity contribution in [1.82, 2.24) is 15.5 Å². The Balaban J connectivity index is 1.75. The smallest absolute Gasteiger partial charge is 0.191 e. The van der Waals surface area contributed by atoms with E-state index in [9.17, 15) is 0 Å². The normalized spacial score (nSPS) is 17.7. The molecule has 0 saturated carbocycles. The Morgan fingerprint density at radius 3 is 2.77 bits per heavy atom. The molecule has 0 bridgehead atoms. The minimum absolute atomic E-state index is 0.771. The van der Waals surface area contributed by atoms with Crippen LogP contribution in [-0.4, -0.2) is 44.1 Å². The summed E-state index contributed by atoms with van der Waals surface area (Å²) in [5.41, 5.74) is 1.34. The van der Waals surface area contributed by atoms with Gasteiger partial charge in [-0.25, -0.2) is 4.99 Å². The van der Waals surface area contributed by atoms with Gasteiger partial charge in [-0.2, -0.15) is 0 Å². The van der Waals surface area contributed by atoms with Crippen LogP contribution in [0.15, 0.2) is 16.4 Å². The van der Waals surface area contributed by atoms with Crippen LogP contribution in [0.4, 0.5) is 0 Å².